The van der Waals surface area contributed by atoms with Crippen molar-refractivity contribution >= 4 is 5.91 Å². The summed E-state index contributed by atoms with van der Waals surface area (Å²) in [6.07, 6.45) is 6.32. The van der Waals surface area contributed by atoms with Crippen molar-refractivity contribution in [3.8, 4) is 11.5 Å². The van der Waals surface area contributed by atoms with Crippen molar-refractivity contribution < 1.29 is 19.4 Å². The number of rotatable bonds is 6. The molecule has 0 atom stereocenters. The maximum atomic E-state index is 12.0. The number of carbonyl (C=O) groups excluding carboxylic acids is 1. The molecule has 5 heteroatoms. The SMILES string of the molecule is COc1cccc(C(=O)NCCOC2CCCCC2)c1O. The Labute approximate surface area is 125 Å². The molecule has 0 aliphatic heterocycles. The Morgan fingerprint density at radius 3 is 2.81 bits per heavy atom. The first-order valence-corrected chi connectivity index (χ1v) is 7.48. The number of nitrogens with one attached hydrogen (secondary N) is 1. The van der Waals surface area contributed by atoms with Crippen molar-refractivity contribution in [1.29, 1.82) is 0 Å². The highest BCUT2D eigenvalue weighted by atomic mass is 16.5. The predicted molar refractivity (Wildman–Crippen MR) is 79.8 cm³/mol. The minimum atomic E-state index is -0.321. The highest BCUT2D eigenvalue weighted by molar-refractivity contribution is 5.97. The van der Waals surface area contributed by atoms with Crippen LogP contribution in [0, 0.1) is 0 Å². The number of phenolic OH excluding ortho intramolecular Hbond substituents is 1. The van der Waals surface area contributed by atoms with Crippen molar-refractivity contribution in [1.82, 2.24) is 5.32 Å². The number of benzene rings is 1. The number of aromatic hydroxyl groups is 1. The molecular formula is C16H23NO4. The molecule has 5 nitrogen and oxygen atoms in total. The summed E-state index contributed by atoms with van der Waals surface area (Å²) in [5.41, 5.74) is 0.215. The maximum absolute atomic E-state index is 12.0. The molecular weight excluding hydrogens is 270 g/mol. The van der Waals surface area contributed by atoms with E-state index in [4.69, 9.17) is 9.47 Å². The monoisotopic (exact) mass is 293 g/mol. The van der Waals surface area contributed by atoms with Crippen LogP contribution in [0.3, 0.4) is 0 Å². The van der Waals surface area contributed by atoms with Crippen molar-refractivity contribution in [3.63, 3.8) is 0 Å². The number of phenols is 1. The third kappa shape index (κ3) is 4.36. The van der Waals surface area contributed by atoms with Crippen LogP contribution in [0.5, 0.6) is 11.5 Å². The van der Waals surface area contributed by atoms with E-state index < -0.39 is 0 Å². The number of methoxy groups -OCH3 is 1. The quantitative estimate of drug-likeness (QED) is 0.791. The fraction of sp³-hybridized carbons (Fsp3) is 0.562. The van der Waals surface area contributed by atoms with Gasteiger partial charge in [0.25, 0.3) is 5.91 Å². The van der Waals surface area contributed by atoms with E-state index in [0.717, 1.165) is 12.8 Å². The van der Waals surface area contributed by atoms with Gasteiger partial charge in [-0.2, -0.15) is 0 Å². The lowest BCUT2D eigenvalue weighted by Crippen LogP contribution is -2.29. The molecule has 0 heterocycles. The first-order valence-electron chi connectivity index (χ1n) is 7.48. The van der Waals surface area contributed by atoms with Crippen molar-refractivity contribution in [2.45, 2.75) is 38.2 Å². The fourth-order valence-corrected chi connectivity index (χ4v) is 2.59. The standard InChI is InChI=1S/C16H23NO4/c1-20-14-9-5-8-13(15(14)18)16(19)17-10-11-21-12-6-3-2-4-7-12/h5,8-9,12,18H,2-4,6-7,10-11H2,1H3,(H,17,19). The Balaban J connectivity index is 1.76. The van der Waals surface area contributed by atoms with Gasteiger partial charge in [-0.05, 0) is 25.0 Å². The zero-order valence-corrected chi connectivity index (χ0v) is 12.4. The van der Waals surface area contributed by atoms with Gasteiger partial charge in [-0.1, -0.05) is 25.3 Å². The van der Waals surface area contributed by atoms with Crippen molar-refractivity contribution in [3.05, 3.63) is 23.8 Å². The fourth-order valence-electron chi connectivity index (χ4n) is 2.59. The van der Waals surface area contributed by atoms with E-state index in [-0.39, 0.29) is 17.2 Å². The van der Waals surface area contributed by atoms with Gasteiger partial charge in [0.1, 0.15) is 0 Å². The summed E-state index contributed by atoms with van der Waals surface area (Å²) in [5.74, 6) is -0.162. The van der Waals surface area contributed by atoms with Crippen LogP contribution in [0.2, 0.25) is 0 Å². The van der Waals surface area contributed by atoms with Gasteiger partial charge in [0.05, 0.1) is 25.4 Å². The lowest BCUT2D eigenvalue weighted by atomic mass is 9.98. The summed E-state index contributed by atoms with van der Waals surface area (Å²) < 4.78 is 10.7. The average molecular weight is 293 g/mol. The number of hydrogen-bond donors (Lipinski definition) is 2. The topological polar surface area (TPSA) is 67.8 Å². The molecule has 0 unspecified atom stereocenters. The predicted octanol–water partition coefficient (Wildman–Crippen LogP) is 2.48. The van der Waals surface area contributed by atoms with Gasteiger partial charge in [0.2, 0.25) is 0 Å². The molecule has 2 N–H and O–H groups in total. The van der Waals surface area contributed by atoms with Crippen LogP contribution in [-0.4, -0.2) is 37.4 Å². The molecule has 1 aliphatic rings. The molecule has 0 bridgehead atoms. The Kier molecular flexibility index (Phi) is 5.87. The second kappa shape index (κ2) is 7.88. The molecule has 0 aromatic heterocycles. The largest absolute Gasteiger partial charge is 0.504 e. The van der Waals surface area contributed by atoms with Crippen LogP contribution in [0.25, 0.3) is 0 Å². The number of hydrogen-bond acceptors (Lipinski definition) is 4. The number of amides is 1. The van der Waals surface area contributed by atoms with E-state index >= 15 is 0 Å². The van der Waals surface area contributed by atoms with Gasteiger partial charge < -0.3 is 19.9 Å². The van der Waals surface area contributed by atoms with Crippen LogP contribution < -0.4 is 10.1 Å². The van der Waals surface area contributed by atoms with Crippen molar-refractivity contribution in [2.24, 2.45) is 0 Å². The molecule has 0 spiro atoms. The van der Waals surface area contributed by atoms with Crippen LogP contribution in [0.15, 0.2) is 18.2 Å². The first kappa shape index (κ1) is 15.6. The van der Waals surface area contributed by atoms with Gasteiger partial charge in [0, 0.05) is 6.54 Å². The summed E-state index contributed by atoms with van der Waals surface area (Å²) in [6, 6.07) is 4.85. The van der Waals surface area contributed by atoms with Crippen LogP contribution in [0.4, 0.5) is 0 Å². The third-order valence-corrected chi connectivity index (χ3v) is 3.76. The van der Waals surface area contributed by atoms with E-state index in [2.05, 4.69) is 5.32 Å². The van der Waals surface area contributed by atoms with E-state index in [0.29, 0.717) is 25.0 Å². The molecule has 0 saturated heterocycles. The summed E-state index contributed by atoms with van der Waals surface area (Å²) in [6.45, 7) is 0.938. The van der Waals surface area contributed by atoms with Gasteiger partial charge in [-0.25, -0.2) is 0 Å². The van der Waals surface area contributed by atoms with Crippen LogP contribution in [-0.2, 0) is 4.74 Å². The van der Waals surface area contributed by atoms with Crippen LogP contribution in [0.1, 0.15) is 42.5 Å². The molecule has 2 rings (SSSR count). The molecule has 1 aromatic rings. The highest BCUT2D eigenvalue weighted by Gasteiger charge is 2.15. The zero-order chi connectivity index (χ0) is 15.1. The highest BCUT2D eigenvalue weighted by Crippen LogP contribution is 2.29. The molecule has 1 aromatic carbocycles. The average Bonchev–Trinajstić information content (AvgIpc) is 2.52. The second-order valence-corrected chi connectivity index (χ2v) is 5.24. The van der Waals surface area contributed by atoms with Crippen LogP contribution >= 0.6 is 0 Å². The molecule has 1 aliphatic carbocycles. The molecule has 1 amide bonds. The van der Waals surface area contributed by atoms with E-state index in [1.54, 1.807) is 18.2 Å². The third-order valence-electron chi connectivity index (χ3n) is 3.76. The van der Waals surface area contributed by atoms with Gasteiger partial charge in [-0.3, -0.25) is 4.79 Å². The zero-order valence-electron chi connectivity index (χ0n) is 12.4. The Hall–Kier alpha value is -1.75. The van der Waals surface area contributed by atoms with Crippen molar-refractivity contribution in [2.75, 3.05) is 20.3 Å². The Morgan fingerprint density at radius 2 is 2.10 bits per heavy atom. The second-order valence-electron chi connectivity index (χ2n) is 5.24. The molecule has 1 fully saturated rings. The summed E-state index contributed by atoms with van der Waals surface area (Å²) in [4.78, 5) is 12.0. The number of ether oxygens (including phenoxy) is 2. The summed E-state index contributed by atoms with van der Waals surface area (Å²) in [5, 5.41) is 12.7. The maximum Gasteiger partial charge on any atom is 0.255 e. The Morgan fingerprint density at radius 1 is 1.33 bits per heavy atom. The van der Waals surface area contributed by atoms with E-state index in [9.17, 15) is 9.90 Å². The first-order chi connectivity index (χ1) is 10.2. The normalized spacial score (nSPS) is 15.7. The molecule has 0 radical (unpaired) electrons. The molecule has 1 saturated carbocycles. The van der Waals surface area contributed by atoms with Gasteiger partial charge >= 0.3 is 0 Å². The lowest BCUT2D eigenvalue weighted by molar-refractivity contribution is 0.0299. The lowest BCUT2D eigenvalue weighted by Gasteiger charge is -2.22. The minimum Gasteiger partial charge on any atom is -0.504 e. The summed E-state index contributed by atoms with van der Waals surface area (Å²) in [7, 11) is 1.45. The molecule has 21 heavy (non-hydrogen) atoms. The van der Waals surface area contributed by atoms with Gasteiger partial charge in [0.15, 0.2) is 11.5 Å². The minimum absolute atomic E-state index is 0.134. The number of para-hydroxylation sites is 1. The molecule has 116 valence electrons. The van der Waals surface area contributed by atoms with E-state index in [1.165, 1.54) is 26.4 Å². The summed E-state index contributed by atoms with van der Waals surface area (Å²) >= 11 is 0. The van der Waals surface area contributed by atoms with Gasteiger partial charge in [-0.15, -0.1) is 0 Å². The smallest absolute Gasteiger partial charge is 0.255 e. The van der Waals surface area contributed by atoms with E-state index in [1.807, 2.05) is 0 Å². The Bertz CT molecular complexity index is 469. The number of carbonyl (C=O) groups is 1.